The summed E-state index contributed by atoms with van der Waals surface area (Å²) >= 11 is 0. The Hall–Kier alpha value is -2.85. The Morgan fingerprint density at radius 2 is 2.07 bits per heavy atom. The van der Waals surface area contributed by atoms with Gasteiger partial charge in [0.2, 0.25) is 0 Å². The van der Waals surface area contributed by atoms with Gasteiger partial charge < -0.3 is 19.8 Å². The van der Waals surface area contributed by atoms with Crippen molar-refractivity contribution in [1.82, 2.24) is 35.0 Å². The average molecular weight is 384 g/mol. The second kappa shape index (κ2) is 8.03. The predicted octanol–water partition coefficient (Wildman–Crippen LogP) is 0.992. The van der Waals surface area contributed by atoms with E-state index in [1.54, 1.807) is 11.8 Å². The highest BCUT2D eigenvalue weighted by Crippen LogP contribution is 2.35. The Bertz CT molecular complexity index is 931. The van der Waals surface area contributed by atoms with E-state index in [1.165, 1.54) is 0 Å². The lowest BCUT2D eigenvalue weighted by Gasteiger charge is -2.31. The minimum absolute atomic E-state index is 0.259. The Morgan fingerprint density at radius 3 is 2.79 bits per heavy atom. The Labute approximate surface area is 162 Å². The summed E-state index contributed by atoms with van der Waals surface area (Å²) in [5.74, 6) is 3.52. The van der Waals surface area contributed by atoms with Crippen LogP contribution in [-0.4, -0.2) is 54.7 Å². The summed E-state index contributed by atoms with van der Waals surface area (Å²) in [6.45, 7) is 3.44. The van der Waals surface area contributed by atoms with Crippen LogP contribution in [0.2, 0.25) is 0 Å². The number of aromatic nitrogens is 7. The summed E-state index contributed by atoms with van der Waals surface area (Å²) in [7, 11) is 1.69. The SMILES string of the molecule is COCCn1c(COc2cccc(-n3nnnc3C)c2)nnc1C1CC(N)C1. The number of nitrogens with zero attached hydrogens (tertiary/aromatic N) is 7. The van der Waals surface area contributed by atoms with Gasteiger partial charge in [0.1, 0.15) is 18.2 Å². The van der Waals surface area contributed by atoms with E-state index in [4.69, 9.17) is 15.2 Å². The average Bonchev–Trinajstić information content (AvgIpc) is 3.28. The summed E-state index contributed by atoms with van der Waals surface area (Å²) in [6, 6.07) is 7.88. The minimum atomic E-state index is 0.259. The largest absolute Gasteiger partial charge is 0.486 e. The van der Waals surface area contributed by atoms with Crippen LogP contribution in [0, 0.1) is 6.92 Å². The van der Waals surface area contributed by atoms with Crippen molar-refractivity contribution in [2.45, 2.75) is 44.9 Å². The molecule has 2 heterocycles. The highest BCUT2D eigenvalue weighted by atomic mass is 16.5. The van der Waals surface area contributed by atoms with E-state index in [0.29, 0.717) is 37.3 Å². The van der Waals surface area contributed by atoms with Gasteiger partial charge in [-0.2, -0.15) is 4.68 Å². The van der Waals surface area contributed by atoms with Crippen molar-refractivity contribution in [3.8, 4) is 11.4 Å². The molecule has 0 unspecified atom stereocenters. The summed E-state index contributed by atoms with van der Waals surface area (Å²) in [6.07, 6.45) is 1.89. The summed E-state index contributed by atoms with van der Waals surface area (Å²) in [5.41, 5.74) is 6.78. The molecule has 0 radical (unpaired) electrons. The molecular formula is C18H24N8O2. The van der Waals surface area contributed by atoms with Crippen molar-refractivity contribution < 1.29 is 9.47 Å². The zero-order valence-corrected chi connectivity index (χ0v) is 16.0. The molecule has 1 aliphatic rings. The van der Waals surface area contributed by atoms with Gasteiger partial charge in [-0.1, -0.05) is 6.07 Å². The van der Waals surface area contributed by atoms with Crippen LogP contribution in [0.1, 0.15) is 36.2 Å². The topological polar surface area (TPSA) is 119 Å². The molecule has 1 aromatic carbocycles. The van der Waals surface area contributed by atoms with E-state index >= 15 is 0 Å². The third kappa shape index (κ3) is 3.73. The monoisotopic (exact) mass is 384 g/mol. The quantitative estimate of drug-likeness (QED) is 0.611. The fraction of sp³-hybridized carbons (Fsp3) is 0.500. The number of methoxy groups -OCH3 is 1. The van der Waals surface area contributed by atoms with Crippen LogP contribution < -0.4 is 10.5 Å². The molecule has 1 saturated carbocycles. The van der Waals surface area contributed by atoms with Crippen molar-refractivity contribution in [1.29, 1.82) is 0 Å². The van der Waals surface area contributed by atoms with Crippen LogP contribution >= 0.6 is 0 Å². The summed E-state index contributed by atoms with van der Waals surface area (Å²) < 4.78 is 15.0. The van der Waals surface area contributed by atoms with Crippen LogP contribution in [0.3, 0.4) is 0 Å². The predicted molar refractivity (Wildman–Crippen MR) is 100 cm³/mol. The maximum atomic E-state index is 5.99. The first-order valence-electron chi connectivity index (χ1n) is 9.30. The molecule has 1 aliphatic carbocycles. The molecule has 2 aromatic heterocycles. The standard InChI is InChI=1S/C18H24N8O2/c1-12-20-23-24-26(12)15-4-3-5-16(10-15)28-11-17-21-22-18(13-8-14(19)9-13)25(17)6-7-27-2/h3-5,10,13-14H,6-9,11,19H2,1-2H3. The minimum Gasteiger partial charge on any atom is -0.486 e. The molecule has 0 amide bonds. The Morgan fingerprint density at radius 1 is 1.21 bits per heavy atom. The number of aryl methyl sites for hydroxylation is 1. The fourth-order valence-corrected chi connectivity index (χ4v) is 3.38. The molecule has 0 bridgehead atoms. The number of tetrazole rings is 1. The van der Waals surface area contributed by atoms with Crippen LogP contribution in [-0.2, 0) is 17.9 Å². The van der Waals surface area contributed by atoms with E-state index in [-0.39, 0.29) is 6.04 Å². The molecule has 1 fully saturated rings. The second-order valence-electron chi connectivity index (χ2n) is 6.97. The Balaban J connectivity index is 1.49. The first kappa shape index (κ1) is 18.5. The molecule has 0 atom stereocenters. The van der Waals surface area contributed by atoms with Gasteiger partial charge in [-0.05, 0) is 42.3 Å². The number of ether oxygens (including phenoxy) is 2. The zero-order chi connectivity index (χ0) is 19.5. The van der Waals surface area contributed by atoms with Crippen molar-refractivity contribution in [3.05, 3.63) is 41.7 Å². The van der Waals surface area contributed by atoms with Crippen molar-refractivity contribution >= 4 is 0 Å². The van der Waals surface area contributed by atoms with Gasteiger partial charge in [0.05, 0.1) is 12.3 Å². The molecule has 0 aliphatic heterocycles. The molecule has 28 heavy (non-hydrogen) atoms. The lowest BCUT2D eigenvalue weighted by atomic mass is 9.80. The van der Waals surface area contributed by atoms with Gasteiger partial charge in [0.25, 0.3) is 0 Å². The molecule has 2 N–H and O–H groups in total. The number of nitrogens with two attached hydrogens (primary N) is 1. The molecule has 0 saturated heterocycles. The van der Waals surface area contributed by atoms with E-state index in [9.17, 15) is 0 Å². The molecular weight excluding hydrogens is 360 g/mol. The third-order valence-electron chi connectivity index (χ3n) is 4.97. The fourth-order valence-electron chi connectivity index (χ4n) is 3.38. The normalized spacial score (nSPS) is 18.8. The van der Waals surface area contributed by atoms with E-state index in [2.05, 4.69) is 30.3 Å². The van der Waals surface area contributed by atoms with Crippen LogP contribution in [0.25, 0.3) is 5.69 Å². The van der Waals surface area contributed by atoms with Gasteiger partial charge in [0.15, 0.2) is 11.6 Å². The number of benzene rings is 1. The molecule has 10 nitrogen and oxygen atoms in total. The number of hydrogen-bond donors (Lipinski definition) is 1. The van der Waals surface area contributed by atoms with Crippen molar-refractivity contribution in [2.75, 3.05) is 13.7 Å². The highest BCUT2D eigenvalue weighted by molar-refractivity contribution is 5.38. The number of hydrogen-bond acceptors (Lipinski definition) is 8. The van der Waals surface area contributed by atoms with Crippen LogP contribution in [0.5, 0.6) is 5.75 Å². The van der Waals surface area contributed by atoms with Crippen LogP contribution in [0.4, 0.5) is 0 Å². The maximum Gasteiger partial charge on any atom is 0.171 e. The van der Waals surface area contributed by atoms with Gasteiger partial charge in [-0.3, -0.25) is 0 Å². The highest BCUT2D eigenvalue weighted by Gasteiger charge is 2.32. The summed E-state index contributed by atoms with van der Waals surface area (Å²) in [4.78, 5) is 0. The van der Waals surface area contributed by atoms with E-state index < -0.39 is 0 Å². The third-order valence-corrected chi connectivity index (χ3v) is 4.97. The smallest absolute Gasteiger partial charge is 0.171 e. The molecule has 3 aromatic rings. The van der Waals surface area contributed by atoms with Gasteiger partial charge >= 0.3 is 0 Å². The van der Waals surface area contributed by atoms with Gasteiger partial charge in [-0.15, -0.1) is 15.3 Å². The summed E-state index contributed by atoms with van der Waals surface area (Å²) in [5, 5.41) is 20.3. The lowest BCUT2D eigenvalue weighted by molar-refractivity contribution is 0.180. The zero-order valence-electron chi connectivity index (χ0n) is 16.0. The van der Waals surface area contributed by atoms with E-state index in [1.807, 2.05) is 31.2 Å². The van der Waals surface area contributed by atoms with E-state index in [0.717, 1.165) is 30.2 Å². The molecule has 10 heteroatoms. The van der Waals surface area contributed by atoms with Gasteiger partial charge in [0, 0.05) is 31.7 Å². The molecule has 4 rings (SSSR count). The first-order chi connectivity index (χ1) is 13.7. The number of rotatable bonds is 8. The lowest BCUT2D eigenvalue weighted by Crippen LogP contribution is -2.36. The van der Waals surface area contributed by atoms with Crippen LogP contribution in [0.15, 0.2) is 24.3 Å². The second-order valence-corrected chi connectivity index (χ2v) is 6.97. The molecule has 148 valence electrons. The Kier molecular flexibility index (Phi) is 5.31. The first-order valence-corrected chi connectivity index (χ1v) is 9.30. The van der Waals surface area contributed by atoms with Gasteiger partial charge in [-0.25, -0.2) is 0 Å². The maximum absolute atomic E-state index is 5.99. The van der Waals surface area contributed by atoms with Crippen molar-refractivity contribution in [2.24, 2.45) is 5.73 Å². The van der Waals surface area contributed by atoms with Crippen molar-refractivity contribution in [3.63, 3.8) is 0 Å². The molecule has 0 spiro atoms.